The monoisotopic (exact) mass is 259 g/mol. The number of pyridine rings is 1. The molecule has 19 heavy (non-hydrogen) atoms. The topological polar surface area (TPSA) is 54.2 Å². The van der Waals surface area contributed by atoms with Crippen LogP contribution in [0.15, 0.2) is 18.3 Å². The fraction of sp³-hybridized carbons (Fsp3) is 0.571. The van der Waals surface area contributed by atoms with Crippen molar-refractivity contribution in [2.45, 2.75) is 26.2 Å². The van der Waals surface area contributed by atoms with Crippen LogP contribution in [0.25, 0.3) is 5.65 Å². The van der Waals surface area contributed by atoms with E-state index in [1.165, 1.54) is 31.4 Å². The maximum atomic E-state index is 4.48. The third-order valence-corrected chi connectivity index (χ3v) is 3.73. The highest BCUT2D eigenvalue weighted by atomic mass is 15.3. The van der Waals surface area contributed by atoms with E-state index >= 15 is 0 Å². The van der Waals surface area contributed by atoms with Crippen LogP contribution in [0.5, 0.6) is 0 Å². The van der Waals surface area contributed by atoms with Gasteiger partial charge in [0.2, 0.25) is 5.95 Å². The van der Waals surface area contributed by atoms with Crippen LogP contribution in [0.1, 0.15) is 24.8 Å². The SMILES string of the molecule is Cc1ccn2nc(NCCC3CCCNC3)nc2c1. The molecule has 3 heterocycles. The number of fused-ring (bicyclic) bond motifs is 1. The lowest BCUT2D eigenvalue weighted by Gasteiger charge is -2.22. The molecule has 2 N–H and O–H groups in total. The molecule has 1 saturated heterocycles. The minimum absolute atomic E-state index is 0.731. The number of aryl methyl sites for hydroxylation is 1. The summed E-state index contributed by atoms with van der Waals surface area (Å²) >= 11 is 0. The number of hydrogen-bond acceptors (Lipinski definition) is 4. The fourth-order valence-electron chi connectivity index (χ4n) is 2.62. The molecule has 0 aromatic carbocycles. The second kappa shape index (κ2) is 5.57. The van der Waals surface area contributed by atoms with Crippen molar-refractivity contribution >= 4 is 11.6 Å². The van der Waals surface area contributed by atoms with Crippen molar-refractivity contribution in [1.29, 1.82) is 0 Å². The van der Waals surface area contributed by atoms with E-state index in [2.05, 4.69) is 27.6 Å². The standard InChI is InChI=1S/C14H21N5/c1-11-5-8-19-13(9-11)17-14(18-19)16-7-4-12-3-2-6-15-10-12/h5,8-9,12,15H,2-4,6-7,10H2,1H3,(H,16,18). The van der Waals surface area contributed by atoms with E-state index in [4.69, 9.17) is 0 Å². The van der Waals surface area contributed by atoms with Crippen LogP contribution in [0, 0.1) is 12.8 Å². The van der Waals surface area contributed by atoms with Gasteiger partial charge in [-0.2, -0.15) is 4.98 Å². The van der Waals surface area contributed by atoms with E-state index < -0.39 is 0 Å². The summed E-state index contributed by atoms with van der Waals surface area (Å²) in [7, 11) is 0. The number of anilines is 1. The molecule has 2 aromatic rings. The highest BCUT2D eigenvalue weighted by Crippen LogP contribution is 2.14. The summed E-state index contributed by atoms with van der Waals surface area (Å²) in [5.74, 6) is 1.52. The molecular formula is C14H21N5. The van der Waals surface area contributed by atoms with Crippen molar-refractivity contribution in [2.24, 2.45) is 5.92 Å². The Morgan fingerprint density at radius 2 is 2.47 bits per heavy atom. The first-order valence-electron chi connectivity index (χ1n) is 7.09. The number of rotatable bonds is 4. The van der Waals surface area contributed by atoms with Gasteiger partial charge in [-0.3, -0.25) is 0 Å². The molecule has 1 aliphatic heterocycles. The summed E-state index contributed by atoms with van der Waals surface area (Å²) < 4.78 is 1.82. The van der Waals surface area contributed by atoms with Gasteiger partial charge in [0.05, 0.1) is 0 Å². The summed E-state index contributed by atoms with van der Waals surface area (Å²) in [4.78, 5) is 4.48. The van der Waals surface area contributed by atoms with Crippen molar-refractivity contribution in [3.8, 4) is 0 Å². The Bertz CT molecular complexity index is 542. The second-order valence-electron chi connectivity index (χ2n) is 5.37. The van der Waals surface area contributed by atoms with Crippen LogP contribution >= 0.6 is 0 Å². The van der Waals surface area contributed by atoms with Gasteiger partial charge in [0.25, 0.3) is 0 Å². The molecule has 0 spiro atoms. The Morgan fingerprint density at radius 3 is 3.32 bits per heavy atom. The number of aromatic nitrogens is 3. The van der Waals surface area contributed by atoms with Crippen LogP contribution in [0.2, 0.25) is 0 Å². The molecule has 5 nitrogen and oxygen atoms in total. The molecule has 0 saturated carbocycles. The minimum atomic E-state index is 0.731. The van der Waals surface area contributed by atoms with Gasteiger partial charge in [-0.15, -0.1) is 5.10 Å². The highest BCUT2D eigenvalue weighted by Gasteiger charge is 2.12. The molecular weight excluding hydrogens is 238 g/mol. The van der Waals surface area contributed by atoms with Crippen LogP contribution in [0.4, 0.5) is 5.95 Å². The quantitative estimate of drug-likeness (QED) is 0.879. The fourth-order valence-corrected chi connectivity index (χ4v) is 2.62. The molecule has 1 fully saturated rings. The van der Waals surface area contributed by atoms with Gasteiger partial charge in [-0.1, -0.05) is 0 Å². The van der Waals surface area contributed by atoms with E-state index in [0.717, 1.165) is 30.6 Å². The van der Waals surface area contributed by atoms with E-state index in [1.54, 1.807) is 0 Å². The Labute approximate surface area is 113 Å². The Kier molecular flexibility index (Phi) is 3.64. The van der Waals surface area contributed by atoms with Gasteiger partial charge in [-0.25, -0.2) is 4.52 Å². The lowest BCUT2D eigenvalue weighted by atomic mass is 9.96. The van der Waals surface area contributed by atoms with E-state index in [-0.39, 0.29) is 0 Å². The third-order valence-electron chi connectivity index (χ3n) is 3.73. The average molecular weight is 259 g/mol. The number of piperidine rings is 1. The van der Waals surface area contributed by atoms with Crippen molar-refractivity contribution in [3.63, 3.8) is 0 Å². The first-order chi connectivity index (χ1) is 9.31. The van der Waals surface area contributed by atoms with Crippen LogP contribution in [-0.2, 0) is 0 Å². The number of nitrogens with one attached hydrogen (secondary N) is 2. The van der Waals surface area contributed by atoms with E-state index in [1.807, 2.05) is 22.8 Å². The van der Waals surface area contributed by atoms with Crippen LogP contribution in [0.3, 0.4) is 0 Å². The van der Waals surface area contributed by atoms with Gasteiger partial charge in [-0.05, 0) is 62.9 Å². The Hall–Kier alpha value is -1.62. The van der Waals surface area contributed by atoms with Gasteiger partial charge in [0.1, 0.15) is 0 Å². The number of nitrogens with zero attached hydrogens (tertiary/aromatic N) is 3. The van der Waals surface area contributed by atoms with Crippen LogP contribution < -0.4 is 10.6 Å². The molecule has 102 valence electrons. The molecule has 0 amide bonds. The van der Waals surface area contributed by atoms with Gasteiger partial charge < -0.3 is 10.6 Å². The second-order valence-corrected chi connectivity index (χ2v) is 5.37. The van der Waals surface area contributed by atoms with Crippen molar-refractivity contribution in [3.05, 3.63) is 23.9 Å². The molecule has 3 rings (SSSR count). The summed E-state index contributed by atoms with van der Waals surface area (Å²) in [6, 6.07) is 4.09. The van der Waals surface area contributed by atoms with E-state index in [0.29, 0.717) is 0 Å². The molecule has 1 unspecified atom stereocenters. The maximum absolute atomic E-state index is 4.48. The predicted octanol–water partition coefficient (Wildman–Crippen LogP) is 1.84. The summed E-state index contributed by atoms with van der Waals surface area (Å²) in [5, 5.41) is 11.2. The molecule has 0 bridgehead atoms. The lowest BCUT2D eigenvalue weighted by Crippen LogP contribution is -2.30. The van der Waals surface area contributed by atoms with Gasteiger partial charge >= 0.3 is 0 Å². The summed E-state index contributed by atoms with van der Waals surface area (Å²) in [6.07, 6.45) is 5.78. The van der Waals surface area contributed by atoms with E-state index in [9.17, 15) is 0 Å². The lowest BCUT2D eigenvalue weighted by molar-refractivity contribution is 0.364. The van der Waals surface area contributed by atoms with Crippen molar-refractivity contribution in [2.75, 3.05) is 25.0 Å². The zero-order valence-electron chi connectivity index (χ0n) is 11.4. The first kappa shape index (κ1) is 12.4. The minimum Gasteiger partial charge on any atom is -0.353 e. The zero-order valence-corrected chi connectivity index (χ0v) is 11.4. The highest BCUT2D eigenvalue weighted by molar-refractivity contribution is 5.45. The van der Waals surface area contributed by atoms with Crippen LogP contribution in [-0.4, -0.2) is 34.2 Å². The largest absolute Gasteiger partial charge is 0.353 e. The van der Waals surface area contributed by atoms with Crippen molar-refractivity contribution in [1.82, 2.24) is 19.9 Å². The summed E-state index contributed by atoms with van der Waals surface area (Å²) in [5.41, 5.74) is 2.11. The maximum Gasteiger partial charge on any atom is 0.243 e. The Morgan fingerprint density at radius 1 is 1.53 bits per heavy atom. The summed E-state index contributed by atoms with van der Waals surface area (Å²) in [6.45, 7) is 5.34. The van der Waals surface area contributed by atoms with Gasteiger partial charge in [0.15, 0.2) is 5.65 Å². The van der Waals surface area contributed by atoms with Gasteiger partial charge in [0, 0.05) is 12.7 Å². The molecule has 0 aliphatic carbocycles. The molecule has 5 heteroatoms. The zero-order chi connectivity index (χ0) is 13.1. The predicted molar refractivity (Wildman–Crippen MR) is 76.4 cm³/mol. The molecule has 2 aromatic heterocycles. The normalized spacial score (nSPS) is 19.7. The smallest absolute Gasteiger partial charge is 0.243 e. The molecule has 1 aliphatic rings. The van der Waals surface area contributed by atoms with Crippen molar-refractivity contribution < 1.29 is 0 Å². The number of hydrogen-bond donors (Lipinski definition) is 2. The molecule has 1 atom stereocenters. The first-order valence-corrected chi connectivity index (χ1v) is 7.09. The Balaban J connectivity index is 1.56. The molecule has 0 radical (unpaired) electrons. The average Bonchev–Trinajstić information content (AvgIpc) is 2.82. The third kappa shape index (κ3) is 3.04.